The molecule has 2 bridgehead atoms. The number of carbonyl (C=O) groups excluding carboxylic acids is 1. The van der Waals surface area contributed by atoms with Gasteiger partial charge in [-0.15, -0.1) is 0 Å². The molecule has 1 saturated carbocycles. The number of ether oxygens (including phenoxy) is 2. The molecule has 0 aromatic heterocycles. The summed E-state index contributed by atoms with van der Waals surface area (Å²) < 4.78 is 12.5. The van der Waals surface area contributed by atoms with Gasteiger partial charge >= 0.3 is 0 Å². The Bertz CT molecular complexity index is 570. The van der Waals surface area contributed by atoms with Crippen LogP contribution in [0.25, 0.3) is 0 Å². The fraction of sp³-hybridized carbons (Fsp3) is 0.958. The highest BCUT2D eigenvalue weighted by atomic mass is 17.3. The summed E-state index contributed by atoms with van der Waals surface area (Å²) in [6.45, 7) is 10.6. The monoisotopic (exact) mass is 425 g/mol. The SMILES string of the molecule is CCCCC.CCCCC(=O)NC1OC2OC3(C)CCC4CCCC(C1C)C42OO3. The van der Waals surface area contributed by atoms with Crippen LogP contribution < -0.4 is 5.32 Å². The van der Waals surface area contributed by atoms with E-state index in [4.69, 9.17) is 19.2 Å². The van der Waals surface area contributed by atoms with E-state index in [2.05, 4.69) is 33.0 Å². The van der Waals surface area contributed by atoms with Crippen molar-refractivity contribution in [2.24, 2.45) is 17.8 Å². The highest BCUT2D eigenvalue weighted by Crippen LogP contribution is 2.58. The van der Waals surface area contributed by atoms with Crippen LogP contribution in [-0.2, 0) is 24.0 Å². The van der Waals surface area contributed by atoms with Crippen molar-refractivity contribution in [1.29, 1.82) is 0 Å². The summed E-state index contributed by atoms with van der Waals surface area (Å²) in [5, 5.41) is 3.09. The maximum absolute atomic E-state index is 12.3. The lowest BCUT2D eigenvalue weighted by atomic mass is 9.61. The second-order valence-electron chi connectivity index (χ2n) is 9.82. The van der Waals surface area contributed by atoms with E-state index in [0.717, 1.165) is 38.5 Å². The summed E-state index contributed by atoms with van der Waals surface area (Å²) in [4.78, 5) is 24.1. The maximum atomic E-state index is 12.3. The first-order valence-electron chi connectivity index (χ1n) is 12.4. The van der Waals surface area contributed by atoms with Gasteiger partial charge in [0.15, 0.2) is 11.9 Å². The minimum Gasteiger partial charge on any atom is -0.330 e. The standard InChI is InChI=1S/C19H31NO5.C5H12/c1-4-5-9-15(21)20-16-12(2)14-8-6-7-13-10-11-18(3)23-17(22-16)19(13,14)25-24-18;1-3-5-4-2/h12-14,16-17H,4-11H2,1-3H3,(H,20,21);3-5H2,1-2H3. The Morgan fingerprint density at radius 1 is 1.03 bits per heavy atom. The van der Waals surface area contributed by atoms with Crippen molar-refractivity contribution in [2.45, 2.75) is 129 Å². The van der Waals surface area contributed by atoms with Gasteiger partial charge in [-0.1, -0.05) is 59.8 Å². The van der Waals surface area contributed by atoms with Crippen molar-refractivity contribution in [3.05, 3.63) is 0 Å². The Kier molecular flexibility index (Phi) is 8.21. The molecule has 6 nitrogen and oxygen atoms in total. The summed E-state index contributed by atoms with van der Waals surface area (Å²) in [5.74, 6) is 0.127. The largest absolute Gasteiger partial charge is 0.330 e. The van der Waals surface area contributed by atoms with E-state index in [1.165, 1.54) is 25.7 Å². The fourth-order valence-corrected chi connectivity index (χ4v) is 5.64. The third kappa shape index (κ3) is 4.72. The average molecular weight is 426 g/mol. The van der Waals surface area contributed by atoms with E-state index in [9.17, 15) is 4.79 Å². The number of amides is 1. The molecule has 30 heavy (non-hydrogen) atoms. The Hall–Kier alpha value is -0.690. The van der Waals surface area contributed by atoms with Gasteiger partial charge in [-0.2, -0.15) is 0 Å². The van der Waals surface area contributed by atoms with Gasteiger partial charge in [0.1, 0.15) is 6.23 Å². The first-order valence-corrected chi connectivity index (χ1v) is 12.4. The first kappa shape index (κ1) is 24.0. The van der Waals surface area contributed by atoms with Crippen LogP contribution >= 0.6 is 0 Å². The molecular formula is C24H43NO5. The lowest BCUT2D eigenvalue weighted by molar-refractivity contribution is -0.570. The molecule has 6 heteroatoms. The molecule has 4 saturated heterocycles. The number of rotatable bonds is 6. The quantitative estimate of drug-likeness (QED) is 0.573. The Balaban J connectivity index is 0.000000461. The van der Waals surface area contributed by atoms with Crippen LogP contribution in [-0.4, -0.2) is 29.8 Å². The topological polar surface area (TPSA) is 66.0 Å². The average Bonchev–Trinajstić information content (AvgIpc) is 2.96. The molecule has 1 N–H and O–H groups in total. The summed E-state index contributed by atoms with van der Waals surface area (Å²) in [5.41, 5.74) is -0.529. The smallest absolute Gasteiger partial charge is 0.221 e. The highest BCUT2D eigenvalue weighted by Gasteiger charge is 2.68. The normalized spacial score (nSPS) is 41.8. The van der Waals surface area contributed by atoms with Gasteiger partial charge in [0.05, 0.1) is 0 Å². The van der Waals surface area contributed by atoms with E-state index in [-0.39, 0.29) is 24.0 Å². The minimum absolute atomic E-state index is 0.0594. The molecule has 0 aromatic rings. The first-order chi connectivity index (χ1) is 14.4. The summed E-state index contributed by atoms with van der Waals surface area (Å²) in [7, 11) is 0. The van der Waals surface area contributed by atoms with Crippen LogP contribution in [0.15, 0.2) is 0 Å². The number of nitrogens with one attached hydrogen (secondary N) is 1. The van der Waals surface area contributed by atoms with Crippen LogP contribution in [0.2, 0.25) is 0 Å². The lowest BCUT2D eigenvalue weighted by Gasteiger charge is -2.59. The molecule has 1 amide bonds. The van der Waals surface area contributed by atoms with Crippen LogP contribution in [0.4, 0.5) is 0 Å². The van der Waals surface area contributed by atoms with Crippen molar-refractivity contribution >= 4 is 5.91 Å². The van der Waals surface area contributed by atoms with E-state index in [0.29, 0.717) is 12.3 Å². The van der Waals surface area contributed by atoms with Gasteiger partial charge in [0.25, 0.3) is 0 Å². The summed E-state index contributed by atoms with van der Waals surface area (Å²) >= 11 is 0. The van der Waals surface area contributed by atoms with E-state index in [1.54, 1.807) is 0 Å². The number of unbranched alkanes of at least 4 members (excludes halogenated alkanes) is 3. The van der Waals surface area contributed by atoms with Crippen molar-refractivity contribution < 1.29 is 24.0 Å². The second kappa shape index (κ2) is 10.3. The predicted octanol–water partition coefficient (Wildman–Crippen LogP) is 5.45. The lowest BCUT2D eigenvalue weighted by Crippen LogP contribution is -2.71. The molecule has 1 spiro atoms. The summed E-state index contributed by atoms with van der Waals surface area (Å²) in [6, 6.07) is 0. The number of carbonyl (C=O) groups is 1. The van der Waals surface area contributed by atoms with E-state index < -0.39 is 17.7 Å². The van der Waals surface area contributed by atoms with Crippen LogP contribution in [0, 0.1) is 17.8 Å². The van der Waals surface area contributed by atoms with Gasteiger partial charge in [0.2, 0.25) is 11.7 Å². The van der Waals surface area contributed by atoms with Gasteiger partial charge < -0.3 is 14.8 Å². The number of fused-ring (bicyclic) bond motifs is 2. The zero-order valence-corrected chi connectivity index (χ0v) is 19.7. The van der Waals surface area contributed by atoms with Gasteiger partial charge in [-0.3, -0.25) is 4.79 Å². The molecule has 5 fully saturated rings. The minimum atomic E-state index is -0.755. The molecule has 5 aliphatic rings. The molecule has 0 radical (unpaired) electrons. The van der Waals surface area contributed by atoms with E-state index in [1.807, 2.05) is 6.92 Å². The molecule has 0 aromatic carbocycles. The Labute approximate surface area is 182 Å². The highest BCUT2D eigenvalue weighted by molar-refractivity contribution is 5.76. The maximum Gasteiger partial charge on any atom is 0.221 e. The van der Waals surface area contributed by atoms with Crippen LogP contribution in [0.5, 0.6) is 0 Å². The van der Waals surface area contributed by atoms with Crippen LogP contribution in [0.3, 0.4) is 0 Å². The van der Waals surface area contributed by atoms with Gasteiger partial charge in [-0.05, 0) is 38.5 Å². The molecule has 7 atom stereocenters. The van der Waals surface area contributed by atoms with Crippen LogP contribution in [0.1, 0.15) is 105 Å². The molecule has 5 rings (SSSR count). The van der Waals surface area contributed by atoms with Crippen molar-refractivity contribution in [2.75, 3.05) is 0 Å². The Morgan fingerprint density at radius 2 is 1.77 bits per heavy atom. The summed E-state index contributed by atoms with van der Waals surface area (Å²) in [6.07, 6.45) is 11.0. The van der Waals surface area contributed by atoms with E-state index >= 15 is 0 Å². The molecule has 1 aliphatic carbocycles. The molecule has 174 valence electrons. The fourth-order valence-electron chi connectivity index (χ4n) is 5.64. The second-order valence-corrected chi connectivity index (χ2v) is 9.82. The van der Waals surface area contributed by atoms with Crippen molar-refractivity contribution in [3.8, 4) is 0 Å². The van der Waals surface area contributed by atoms with Gasteiger partial charge in [-0.25, -0.2) is 9.78 Å². The Morgan fingerprint density at radius 3 is 2.43 bits per heavy atom. The molecule has 4 aliphatic heterocycles. The number of hydrogen-bond donors (Lipinski definition) is 1. The zero-order valence-electron chi connectivity index (χ0n) is 19.7. The predicted molar refractivity (Wildman–Crippen MR) is 115 cm³/mol. The number of hydrogen-bond acceptors (Lipinski definition) is 5. The third-order valence-electron chi connectivity index (χ3n) is 7.47. The molecular weight excluding hydrogens is 382 g/mol. The van der Waals surface area contributed by atoms with Crippen molar-refractivity contribution in [1.82, 2.24) is 5.32 Å². The zero-order chi connectivity index (χ0) is 21.8. The van der Waals surface area contributed by atoms with Gasteiger partial charge in [0, 0.05) is 24.7 Å². The molecule has 4 heterocycles. The van der Waals surface area contributed by atoms with Crippen molar-refractivity contribution in [3.63, 3.8) is 0 Å². The molecule has 7 unspecified atom stereocenters. The third-order valence-corrected chi connectivity index (χ3v) is 7.47.